The first kappa shape index (κ1) is 16.0. The molecule has 0 aliphatic rings. The van der Waals surface area contributed by atoms with Crippen molar-refractivity contribution in [2.75, 3.05) is 19.7 Å². The number of carbonyl (C=O) groups excluding carboxylic acids is 1. The molecular weight excluding hydrogens is 282 g/mol. The lowest BCUT2D eigenvalue weighted by Crippen LogP contribution is -2.41. The van der Waals surface area contributed by atoms with Gasteiger partial charge in [-0.25, -0.2) is 4.79 Å². The molecule has 22 heavy (non-hydrogen) atoms. The number of aliphatic hydroxyl groups is 1. The second kappa shape index (κ2) is 8.14. The van der Waals surface area contributed by atoms with Crippen molar-refractivity contribution in [1.29, 1.82) is 0 Å². The molecule has 0 aliphatic heterocycles. The van der Waals surface area contributed by atoms with Gasteiger partial charge in [-0.1, -0.05) is 25.1 Å². The average molecular weight is 303 g/mol. The molecule has 0 atom stereocenters. The van der Waals surface area contributed by atoms with E-state index in [1.165, 1.54) is 0 Å². The van der Waals surface area contributed by atoms with E-state index in [-0.39, 0.29) is 19.2 Å². The Balaban J connectivity index is 2.00. The third-order valence-corrected chi connectivity index (χ3v) is 3.20. The van der Waals surface area contributed by atoms with E-state index >= 15 is 0 Å². The van der Waals surface area contributed by atoms with Gasteiger partial charge in [-0.15, -0.1) is 10.2 Å². The third-order valence-electron chi connectivity index (χ3n) is 3.20. The molecule has 1 heterocycles. The van der Waals surface area contributed by atoms with Gasteiger partial charge in [-0.2, -0.15) is 0 Å². The Morgan fingerprint density at radius 3 is 2.77 bits per heavy atom. The van der Waals surface area contributed by atoms with Crippen molar-refractivity contribution in [3.05, 3.63) is 42.5 Å². The maximum atomic E-state index is 12.1. The summed E-state index contributed by atoms with van der Waals surface area (Å²) in [6.07, 6.45) is 2.46. The summed E-state index contributed by atoms with van der Waals surface area (Å²) in [5.74, 6) is 0.653. The standard InChI is InChI=1S/C15H21N5O2/c1-2-8-19(9-10-21)15(22)16-11-14-18-17-12-20(14)13-6-4-3-5-7-13/h3-7,12,21H,2,8-11H2,1H3,(H,16,22). The first-order valence-electron chi connectivity index (χ1n) is 7.34. The molecule has 2 N–H and O–H groups in total. The number of aliphatic hydroxyl groups excluding tert-OH is 1. The van der Waals surface area contributed by atoms with Crippen LogP contribution in [-0.2, 0) is 6.54 Å². The summed E-state index contributed by atoms with van der Waals surface area (Å²) in [6.45, 7) is 3.15. The summed E-state index contributed by atoms with van der Waals surface area (Å²) in [4.78, 5) is 13.7. The molecule has 2 aromatic rings. The molecule has 1 aromatic carbocycles. The number of rotatable bonds is 7. The van der Waals surface area contributed by atoms with E-state index in [1.807, 2.05) is 41.8 Å². The highest BCUT2D eigenvalue weighted by Crippen LogP contribution is 2.08. The lowest BCUT2D eigenvalue weighted by atomic mass is 10.3. The summed E-state index contributed by atoms with van der Waals surface area (Å²) >= 11 is 0. The van der Waals surface area contributed by atoms with Gasteiger partial charge in [0, 0.05) is 18.8 Å². The molecule has 0 saturated carbocycles. The zero-order chi connectivity index (χ0) is 15.8. The van der Waals surface area contributed by atoms with E-state index in [0.717, 1.165) is 12.1 Å². The molecule has 7 nitrogen and oxygen atoms in total. The van der Waals surface area contributed by atoms with Crippen LogP contribution in [0.1, 0.15) is 19.2 Å². The smallest absolute Gasteiger partial charge is 0.317 e. The highest BCUT2D eigenvalue weighted by Gasteiger charge is 2.13. The van der Waals surface area contributed by atoms with Crippen LogP contribution in [0.5, 0.6) is 0 Å². The number of nitrogens with zero attached hydrogens (tertiary/aromatic N) is 4. The van der Waals surface area contributed by atoms with Crippen molar-refractivity contribution in [3.8, 4) is 5.69 Å². The van der Waals surface area contributed by atoms with Crippen molar-refractivity contribution < 1.29 is 9.90 Å². The minimum atomic E-state index is -0.210. The van der Waals surface area contributed by atoms with Crippen LogP contribution in [0.4, 0.5) is 4.79 Å². The SMILES string of the molecule is CCCN(CCO)C(=O)NCc1nncn1-c1ccccc1. The highest BCUT2D eigenvalue weighted by atomic mass is 16.3. The topological polar surface area (TPSA) is 83.3 Å². The first-order valence-corrected chi connectivity index (χ1v) is 7.34. The largest absolute Gasteiger partial charge is 0.395 e. The van der Waals surface area contributed by atoms with Gasteiger partial charge in [0.2, 0.25) is 0 Å². The minimum absolute atomic E-state index is 0.0480. The Morgan fingerprint density at radius 2 is 2.09 bits per heavy atom. The molecule has 118 valence electrons. The van der Waals surface area contributed by atoms with Gasteiger partial charge < -0.3 is 15.3 Å². The molecule has 2 amide bonds. The van der Waals surface area contributed by atoms with Crippen molar-refractivity contribution >= 4 is 6.03 Å². The lowest BCUT2D eigenvalue weighted by Gasteiger charge is -2.21. The highest BCUT2D eigenvalue weighted by molar-refractivity contribution is 5.74. The molecule has 2 rings (SSSR count). The van der Waals surface area contributed by atoms with Crippen molar-refractivity contribution in [2.45, 2.75) is 19.9 Å². The predicted molar refractivity (Wildman–Crippen MR) is 82.5 cm³/mol. The van der Waals surface area contributed by atoms with E-state index in [0.29, 0.717) is 18.9 Å². The van der Waals surface area contributed by atoms with Gasteiger partial charge in [0.25, 0.3) is 0 Å². The first-order chi connectivity index (χ1) is 10.8. The molecule has 1 aromatic heterocycles. The van der Waals surface area contributed by atoms with Crippen LogP contribution in [0.2, 0.25) is 0 Å². The van der Waals surface area contributed by atoms with Crippen LogP contribution in [0, 0.1) is 0 Å². The molecule has 0 fully saturated rings. The average Bonchev–Trinajstić information content (AvgIpc) is 3.02. The summed E-state index contributed by atoms with van der Waals surface area (Å²) in [7, 11) is 0. The number of benzene rings is 1. The summed E-state index contributed by atoms with van der Waals surface area (Å²) in [6, 6.07) is 9.49. The number of nitrogens with one attached hydrogen (secondary N) is 1. The molecule has 0 spiro atoms. The summed E-state index contributed by atoms with van der Waals surface area (Å²) < 4.78 is 1.83. The van der Waals surface area contributed by atoms with Gasteiger partial charge in [-0.05, 0) is 18.6 Å². The van der Waals surface area contributed by atoms with Crippen LogP contribution in [0.15, 0.2) is 36.7 Å². The van der Waals surface area contributed by atoms with Crippen LogP contribution < -0.4 is 5.32 Å². The molecule has 7 heteroatoms. The maximum absolute atomic E-state index is 12.1. The molecule has 0 unspecified atom stereocenters. The van der Waals surface area contributed by atoms with Gasteiger partial charge >= 0.3 is 6.03 Å². The fourth-order valence-corrected chi connectivity index (χ4v) is 2.16. The fraction of sp³-hybridized carbons (Fsp3) is 0.400. The van der Waals surface area contributed by atoms with Gasteiger partial charge in [0.15, 0.2) is 5.82 Å². The van der Waals surface area contributed by atoms with Crippen LogP contribution in [0.3, 0.4) is 0 Å². The molecular formula is C15H21N5O2. The third kappa shape index (κ3) is 4.05. The Morgan fingerprint density at radius 1 is 1.32 bits per heavy atom. The van der Waals surface area contributed by atoms with E-state index in [4.69, 9.17) is 5.11 Å². The molecule has 0 bridgehead atoms. The Bertz CT molecular complexity index is 579. The molecule has 0 saturated heterocycles. The zero-order valence-electron chi connectivity index (χ0n) is 12.6. The number of carbonyl (C=O) groups is 1. The number of hydrogen-bond acceptors (Lipinski definition) is 4. The van der Waals surface area contributed by atoms with Crippen LogP contribution >= 0.6 is 0 Å². The quantitative estimate of drug-likeness (QED) is 0.804. The Hall–Kier alpha value is -2.41. The zero-order valence-corrected chi connectivity index (χ0v) is 12.6. The van der Waals surface area contributed by atoms with E-state index in [1.54, 1.807) is 11.2 Å². The Kier molecular flexibility index (Phi) is 5.91. The second-order valence-corrected chi connectivity index (χ2v) is 4.82. The minimum Gasteiger partial charge on any atom is -0.395 e. The second-order valence-electron chi connectivity index (χ2n) is 4.82. The van der Waals surface area contributed by atoms with E-state index in [9.17, 15) is 4.79 Å². The Labute approximate surface area is 129 Å². The van der Waals surface area contributed by atoms with E-state index < -0.39 is 0 Å². The lowest BCUT2D eigenvalue weighted by molar-refractivity contribution is 0.176. The van der Waals surface area contributed by atoms with Crippen LogP contribution in [0.25, 0.3) is 5.69 Å². The van der Waals surface area contributed by atoms with Crippen molar-refractivity contribution in [3.63, 3.8) is 0 Å². The molecule has 0 aliphatic carbocycles. The number of amides is 2. The molecule has 0 radical (unpaired) electrons. The maximum Gasteiger partial charge on any atom is 0.317 e. The summed E-state index contributed by atoms with van der Waals surface area (Å²) in [5.41, 5.74) is 0.942. The fourth-order valence-electron chi connectivity index (χ4n) is 2.16. The predicted octanol–water partition coefficient (Wildman–Crippen LogP) is 1.18. The van der Waals surface area contributed by atoms with Gasteiger partial charge in [-0.3, -0.25) is 4.57 Å². The number of hydrogen-bond donors (Lipinski definition) is 2. The van der Waals surface area contributed by atoms with Gasteiger partial charge in [0.05, 0.1) is 13.2 Å². The van der Waals surface area contributed by atoms with E-state index in [2.05, 4.69) is 15.5 Å². The number of para-hydroxylation sites is 1. The van der Waals surface area contributed by atoms with Gasteiger partial charge in [0.1, 0.15) is 6.33 Å². The normalized spacial score (nSPS) is 10.5. The number of urea groups is 1. The van der Waals surface area contributed by atoms with Crippen LogP contribution in [-0.4, -0.2) is 50.5 Å². The summed E-state index contributed by atoms with van der Waals surface area (Å²) in [5, 5.41) is 19.8. The number of aromatic nitrogens is 3. The monoisotopic (exact) mass is 303 g/mol. The van der Waals surface area contributed by atoms with Crippen molar-refractivity contribution in [1.82, 2.24) is 25.0 Å². The van der Waals surface area contributed by atoms with Crippen molar-refractivity contribution in [2.24, 2.45) is 0 Å².